The Labute approximate surface area is 92.6 Å². The maximum absolute atomic E-state index is 10.7. The molecule has 15 heavy (non-hydrogen) atoms. The van der Waals surface area contributed by atoms with Crippen molar-refractivity contribution in [2.24, 2.45) is 5.73 Å². The van der Waals surface area contributed by atoms with Crippen LogP contribution in [-0.4, -0.2) is 23.7 Å². The largest absolute Gasteiger partial charge is 0.492 e. The summed E-state index contributed by atoms with van der Waals surface area (Å²) < 4.78 is 5.28. The van der Waals surface area contributed by atoms with Crippen molar-refractivity contribution in [3.8, 4) is 5.75 Å². The van der Waals surface area contributed by atoms with Gasteiger partial charge in [-0.2, -0.15) is 0 Å². The molecule has 5 heteroatoms. The third kappa shape index (κ3) is 3.42. The zero-order chi connectivity index (χ0) is 11.4. The summed E-state index contributed by atoms with van der Waals surface area (Å²) in [6, 6.07) is 4.34. The summed E-state index contributed by atoms with van der Waals surface area (Å²) in [5.74, 6) is -0.541. The molecule has 0 heterocycles. The van der Waals surface area contributed by atoms with Crippen molar-refractivity contribution in [2.45, 2.75) is 13.0 Å². The number of benzene rings is 1. The molecule has 0 aliphatic rings. The maximum Gasteiger partial charge on any atom is 0.337 e. The molecule has 0 aromatic heterocycles. The van der Waals surface area contributed by atoms with Gasteiger partial charge < -0.3 is 15.6 Å². The summed E-state index contributed by atoms with van der Waals surface area (Å²) in [6.07, 6.45) is 0. The van der Waals surface area contributed by atoms with Crippen molar-refractivity contribution in [2.75, 3.05) is 6.61 Å². The minimum atomic E-state index is -1.06. The number of rotatable bonds is 4. The number of carboxylic acid groups (broad SMARTS) is 1. The predicted molar refractivity (Wildman–Crippen MR) is 57.6 cm³/mol. The van der Waals surface area contributed by atoms with Crippen LogP contribution >= 0.6 is 11.6 Å². The van der Waals surface area contributed by atoms with Gasteiger partial charge in [0.15, 0.2) is 0 Å². The van der Waals surface area contributed by atoms with E-state index < -0.39 is 5.97 Å². The molecule has 0 saturated carbocycles. The zero-order valence-corrected chi connectivity index (χ0v) is 8.99. The average Bonchev–Trinajstić information content (AvgIpc) is 2.14. The van der Waals surface area contributed by atoms with E-state index in [1.165, 1.54) is 12.1 Å². The zero-order valence-electron chi connectivity index (χ0n) is 8.24. The highest BCUT2D eigenvalue weighted by Gasteiger charge is 2.09. The molecular weight excluding hydrogens is 218 g/mol. The third-order valence-corrected chi connectivity index (χ3v) is 2.00. The van der Waals surface area contributed by atoms with Crippen LogP contribution < -0.4 is 10.5 Å². The molecule has 0 fully saturated rings. The number of hydrogen-bond acceptors (Lipinski definition) is 3. The van der Waals surface area contributed by atoms with E-state index in [0.717, 1.165) is 0 Å². The van der Waals surface area contributed by atoms with Crippen LogP contribution in [0.1, 0.15) is 17.3 Å². The van der Waals surface area contributed by atoms with Crippen LogP contribution in [0.2, 0.25) is 5.02 Å². The predicted octanol–water partition coefficient (Wildman–Crippen LogP) is 1.76. The van der Waals surface area contributed by atoms with E-state index in [0.29, 0.717) is 12.4 Å². The summed E-state index contributed by atoms with van der Waals surface area (Å²) in [5.41, 5.74) is 5.56. The van der Waals surface area contributed by atoms with Crippen LogP contribution in [0.25, 0.3) is 0 Å². The molecule has 1 rings (SSSR count). The molecule has 0 amide bonds. The van der Waals surface area contributed by atoms with Crippen molar-refractivity contribution in [1.29, 1.82) is 0 Å². The SMILES string of the molecule is CC(N)COc1ccc(C(=O)O)c(Cl)c1. The highest BCUT2D eigenvalue weighted by molar-refractivity contribution is 6.33. The van der Waals surface area contributed by atoms with Gasteiger partial charge in [0.05, 0.1) is 10.6 Å². The van der Waals surface area contributed by atoms with Crippen molar-refractivity contribution in [1.82, 2.24) is 0 Å². The number of carboxylic acids is 1. The molecule has 3 N–H and O–H groups in total. The van der Waals surface area contributed by atoms with Gasteiger partial charge >= 0.3 is 5.97 Å². The Morgan fingerprint density at radius 3 is 2.80 bits per heavy atom. The summed E-state index contributed by atoms with van der Waals surface area (Å²) in [4.78, 5) is 10.7. The maximum atomic E-state index is 10.7. The first-order valence-corrected chi connectivity index (χ1v) is 4.79. The van der Waals surface area contributed by atoms with Crippen molar-refractivity contribution in [3.63, 3.8) is 0 Å². The van der Waals surface area contributed by atoms with Gasteiger partial charge in [0, 0.05) is 6.04 Å². The standard InChI is InChI=1S/C10H12ClNO3/c1-6(12)5-15-7-2-3-8(10(13)14)9(11)4-7/h2-4,6H,5,12H2,1H3,(H,13,14). The first-order chi connectivity index (χ1) is 7.00. The summed E-state index contributed by atoms with van der Waals surface area (Å²) in [6.45, 7) is 2.18. The fourth-order valence-electron chi connectivity index (χ4n) is 0.987. The van der Waals surface area contributed by atoms with Gasteiger partial charge in [-0.25, -0.2) is 4.79 Å². The number of halogens is 1. The Morgan fingerprint density at radius 2 is 2.33 bits per heavy atom. The Balaban J connectivity index is 2.78. The quantitative estimate of drug-likeness (QED) is 0.825. The van der Waals surface area contributed by atoms with Crippen LogP contribution in [0.4, 0.5) is 0 Å². The summed E-state index contributed by atoms with van der Waals surface area (Å²) in [5, 5.41) is 8.89. The van der Waals surface area contributed by atoms with Crippen LogP contribution in [0.15, 0.2) is 18.2 Å². The Hall–Kier alpha value is -1.26. The second-order valence-electron chi connectivity index (χ2n) is 3.24. The third-order valence-electron chi connectivity index (χ3n) is 1.68. The van der Waals surface area contributed by atoms with Gasteiger partial charge in [-0.05, 0) is 25.1 Å². The lowest BCUT2D eigenvalue weighted by atomic mass is 10.2. The lowest BCUT2D eigenvalue weighted by Crippen LogP contribution is -2.23. The van der Waals surface area contributed by atoms with E-state index in [4.69, 9.17) is 27.2 Å². The molecule has 0 spiro atoms. The van der Waals surface area contributed by atoms with Gasteiger partial charge in [-0.15, -0.1) is 0 Å². The van der Waals surface area contributed by atoms with Crippen LogP contribution in [0, 0.1) is 0 Å². The van der Waals surface area contributed by atoms with Crippen molar-refractivity contribution < 1.29 is 14.6 Å². The van der Waals surface area contributed by atoms with E-state index in [1.54, 1.807) is 6.07 Å². The van der Waals surface area contributed by atoms with E-state index in [2.05, 4.69) is 0 Å². The first kappa shape index (κ1) is 11.8. The fourth-order valence-corrected chi connectivity index (χ4v) is 1.24. The topological polar surface area (TPSA) is 72.5 Å². The van der Waals surface area contributed by atoms with Gasteiger partial charge in [-0.1, -0.05) is 11.6 Å². The van der Waals surface area contributed by atoms with E-state index >= 15 is 0 Å². The second kappa shape index (κ2) is 5.00. The van der Waals surface area contributed by atoms with Crippen LogP contribution in [0.5, 0.6) is 5.75 Å². The average molecular weight is 230 g/mol. The molecule has 0 radical (unpaired) electrons. The highest BCUT2D eigenvalue weighted by Crippen LogP contribution is 2.22. The molecule has 1 aromatic carbocycles. The number of nitrogens with two attached hydrogens (primary N) is 1. The van der Waals surface area contributed by atoms with Crippen molar-refractivity contribution >= 4 is 17.6 Å². The molecule has 0 saturated heterocycles. The lowest BCUT2D eigenvalue weighted by Gasteiger charge is -2.09. The van der Waals surface area contributed by atoms with Crippen LogP contribution in [-0.2, 0) is 0 Å². The lowest BCUT2D eigenvalue weighted by molar-refractivity contribution is 0.0697. The monoisotopic (exact) mass is 229 g/mol. The smallest absolute Gasteiger partial charge is 0.337 e. The van der Waals surface area contributed by atoms with Crippen molar-refractivity contribution in [3.05, 3.63) is 28.8 Å². The molecule has 0 aliphatic heterocycles. The fraction of sp³-hybridized carbons (Fsp3) is 0.300. The van der Waals surface area contributed by atoms with Gasteiger partial charge in [-0.3, -0.25) is 0 Å². The number of carbonyl (C=O) groups is 1. The molecule has 82 valence electrons. The number of hydrogen-bond donors (Lipinski definition) is 2. The Morgan fingerprint density at radius 1 is 1.67 bits per heavy atom. The highest BCUT2D eigenvalue weighted by atomic mass is 35.5. The number of ether oxygens (including phenoxy) is 1. The summed E-state index contributed by atoms with van der Waals surface area (Å²) in [7, 11) is 0. The van der Waals surface area contributed by atoms with Gasteiger partial charge in [0.1, 0.15) is 12.4 Å². The second-order valence-corrected chi connectivity index (χ2v) is 3.64. The number of aromatic carboxylic acids is 1. The van der Waals surface area contributed by atoms with Crippen LogP contribution in [0.3, 0.4) is 0 Å². The molecular formula is C10H12ClNO3. The van der Waals surface area contributed by atoms with E-state index in [1.807, 2.05) is 6.92 Å². The molecule has 0 bridgehead atoms. The first-order valence-electron chi connectivity index (χ1n) is 4.42. The Bertz CT molecular complexity index is 366. The van der Waals surface area contributed by atoms with E-state index in [-0.39, 0.29) is 16.6 Å². The molecule has 1 atom stereocenters. The normalized spacial score (nSPS) is 12.2. The van der Waals surface area contributed by atoms with Gasteiger partial charge in [0.2, 0.25) is 0 Å². The Kier molecular flexibility index (Phi) is 3.94. The molecule has 1 unspecified atom stereocenters. The van der Waals surface area contributed by atoms with E-state index in [9.17, 15) is 4.79 Å². The summed E-state index contributed by atoms with van der Waals surface area (Å²) >= 11 is 5.75. The molecule has 0 aliphatic carbocycles. The minimum absolute atomic E-state index is 0.0600. The van der Waals surface area contributed by atoms with Gasteiger partial charge in [0.25, 0.3) is 0 Å². The molecule has 4 nitrogen and oxygen atoms in total. The molecule has 1 aromatic rings. The minimum Gasteiger partial charge on any atom is -0.492 e.